The Kier molecular flexibility index (Phi) is 5.66. The van der Waals surface area contributed by atoms with Crippen LogP contribution < -0.4 is 16.4 Å². The van der Waals surface area contributed by atoms with Gasteiger partial charge in [0.15, 0.2) is 5.82 Å². The summed E-state index contributed by atoms with van der Waals surface area (Å²) >= 11 is 0. The van der Waals surface area contributed by atoms with Gasteiger partial charge in [-0.25, -0.2) is 0 Å². The Bertz CT molecular complexity index is 427. The number of hydrogen-bond acceptors (Lipinski definition) is 4. The van der Waals surface area contributed by atoms with Crippen LogP contribution in [0.25, 0.3) is 0 Å². The third kappa shape index (κ3) is 3.87. The summed E-state index contributed by atoms with van der Waals surface area (Å²) in [6.07, 6.45) is 3.87. The molecule has 0 saturated heterocycles. The van der Waals surface area contributed by atoms with Crippen LogP contribution >= 0.6 is 0 Å². The van der Waals surface area contributed by atoms with E-state index in [0.717, 1.165) is 43.7 Å². The molecule has 1 aromatic rings. The van der Waals surface area contributed by atoms with E-state index in [0.29, 0.717) is 5.69 Å². The Balaban J connectivity index is 3.02. The maximum absolute atomic E-state index is 11.2. The normalized spacial score (nSPS) is 10.7. The summed E-state index contributed by atoms with van der Waals surface area (Å²) in [5.74, 6) is 0.449. The number of anilines is 2. The van der Waals surface area contributed by atoms with Crippen LogP contribution in [0.3, 0.4) is 0 Å². The SMILES string of the molecule is CCCCN(CC(N)=O)c1c(N)c(CCC)nn1C. The average Bonchev–Trinajstić information content (AvgIpc) is 2.60. The molecule has 0 bridgehead atoms. The van der Waals surface area contributed by atoms with E-state index in [2.05, 4.69) is 18.9 Å². The molecule has 0 aliphatic rings. The van der Waals surface area contributed by atoms with Crippen LogP contribution in [0.1, 0.15) is 38.8 Å². The van der Waals surface area contributed by atoms with E-state index < -0.39 is 0 Å². The van der Waals surface area contributed by atoms with Crippen molar-refractivity contribution < 1.29 is 4.79 Å². The second-order valence-corrected chi connectivity index (χ2v) is 4.80. The van der Waals surface area contributed by atoms with Gasteiger partial charge in [0.2, 0.25) is 5.91 Å². The number of aryl methyl sites for hydroxylation is 2. The minimum absolute atomic E-state index is 0.176. The number of nitrogens with zero attached hydrogens (tertiary/aromatic N) is 3. The average molecular weight is 267 g/mol. The fourth-order valence-corrected chi connectivity index (χ4v) is 2.18. The number of primary amides is 1. The van der Waals surface area contributed by atoms with E-state index in [1.807, 2.05) is 11.9 Å². The number of carbonyl (C=O) groups is 1. The summed E-state index contributed by atoms with van der Waals surface area (Å²) in [6.45, 7) is 5.13. The predicted octanol–water partition coefficient (Wildman–Crippen LogP) is 1.05. The van der Waals surface area contributed by atoms with Crippen molar-refractivity contribution in [2.45, 2.75) is 39.5 Å². The molecule has 1 heterocycles. The molecule has 4 N–H and O–H groups in total. The van der Waals surface area contributed by atoms with Crippen molar-refractivity contribution in [3.8, 4) is 0 Å². The molecule has 0 spiro atoms. The number of nitrogens with two attached hydrogens (primary N) is 2. The van der Waals surface area contributed by atoms with Gasteiger partial charge in [-0.05, 0) is 12.8 Å². The third-order valence-electron chi connectivity index (χ3n) is 3.04. The molecule has 0 aromatic carbocycles. The molecular weight excluding hydrogens is 242 g/mol. The Labute approximate surface area is 114 Å². The fourth-order valence-electron chi connectivity index (χ4n) is 2.18. The van der Waals surface area contributed by atoms with Crippen molar-refractivity contribution in [3.63, 3.8) is 0 Å². The molecule has 1 amide bonds. The molecule has 1 rings (SSSR count). The smallest absolute Gasteiger partial charge is 0.236 e. The third-order valence-corrected chi connectivity index (χ3v) is 3.04. The number of hydrogen-bond donors (Lipinski definition) is 2. The molecular formula is C13H25N5O. The van der Waals surface area contributed by atoms with Crippen LogP contribution in [-0.2, 0) is 18.3 Å². The highest BCUT2D eigenvalue weighted by atomic mass is 16.1. The van der Waals surface area contributed by atoms with E-state index in [1.165, 1.54) is 0 Å². The summed E-state index contributed by atoms with van der Waals surface area (Å²) in [5.41, 5.74) is 13.0. The summed E-state index contributed by atoms with van der Waals surface area (Å²) in [4.78, 5) is 13.1. The number of carbonyl (C=O) groups excluding carboxylic acids is 1. The van der Waals surface area contributed by atoms with Crippen molar-refractivity contribution >= 4 is 17.4 Å². The first kappa shape index (κ1) is 15.3. The summed E-state index contributed by atoms with van der Waals surface area (Å²) in [7, 11) is 1.85. The first-order valence-corrected chi connectivity index (χ1v) is 6.85. The summed E-state index contributed by atoms with van der Waals surface area (Å²) < 4.78 is 1.75. The van der Waals surface area contributed by atoms with Gasteiger partial charge in [0.25, 0.3) is 0 Å². The molecule has 6 heteroatoms. The number of unbranched alkanes of at least 4 members (excludes halogenated alkanes) is 1. The monoisotopic (exact) mass is 267 g/mol. The summed E-state index contributed by atoms with van der Waals surface area (Å²) in [5, 5.41) is 4.43. The van der Waals surface area contributed by atoms with Gasteiger partial charge in [0.05, 0.1) is 17.9 Å². The molecule has 1 aromatic heterocycles. The van der Waals surface area contributed by atoms with E-state index in [4.69, 9.17) is 11.5 Å². The number of aromatic nitrogens is 2. The van der Waals surface area contributed by atoms with Gasteiger partial charge in [-0.3, -0.25) is 9.48 Å². The maximum Gasteiger partial charge on any atom is 0.236 e. The topological polar surface area (TPSA) is 90.2 Å². The zero-order valence-electron chi connectivity index (χ0n) is 12.1. The molecule has 0 radical (unpaired) electrons. The van der Waals surface area contributed by atoms with E-state index in [-0.39, 0.29) is 12.5 Å². The lowest BCUT2D eigenvalue weighted by Gasteiger charge is -2.23. The zero-order valence-corrected chi connectivity index (χ0v) is 12.1. The van der Waals surface area contributed by atoms with Gasteiger partial charge in [-0.15, -0.1) is 0 Å². The van der Waals surface area contributed by atoms with Gasteiger partial charge in [0.1, 0.15) is 0 Å². The molecule has 108 valence electrons. The molecule has 19 heavy (non-hydrogen) atoms. The first-order valence-electron chi connectivity index (χ1n) is 6.85. The quantitative estimate of drug-likeness (QED) is 0.736. The highest BCUT2D eigenvalue weighted by Gasteiger charge is 2.19. The van der Waals surface area contributed by atoms with Crippen molar-refractivity contribution in [2.75, 3.05) is 23.7 Å². The lowest BCUT2D eigenvalue weighted by Crippen LogP contribution is -2.36. The molecule has 0 fully saturated rings. The van der Waals surface area contributed by atoms with Gasteiger partial charge < -0.3 is 16.4 Å². The first-order chi connectivity index (χ1) is 9.01. The number of nitrogen functional groups attached to an aromatic ring is 1. The Morgan fingerprint density at radius 2 is 2.05 bits per heavy atom. The molecule has 6 nitrogen and oxygen atoms in total. The fraction of sp³-hybridized carbons (Fsp3) is 0.692. The molecule has 0 aliphatic carbocycles. The second-order valence-electron chi connectivity index (χ2n) is 4.80. The molecule has 0 aliphatic heterocycles. The predicted molar refractivity (Wildman–Crippen MR) is 77.9 cm³/mol. The Hall–Kier alpha value is -1.72. The highest BCUT2D eigenvalue weighted by Crippen LogP contribution is 2.27. The lowest BCUT2D eigenvalue weighted by molar-refractivity contribution is -0.116. The van der Waals surface area contributed by atoms with Crippen LogP contribution in [0.5, 0.6) is 0 Å². The number of amides is 1. The molecule has 0 saturated carbocycles. The van der Waals surface area contributed by atoms with Crippen molar-refractivity contribution in [1.82, 2.24) is 9.78 Å². The minimum Gasteiger partial charge on any atom is -0.394 e. The Morgan fingerprint density at radius 3 is 2.58 bits per heavy atom. The van der Waals surface area contributed by atoms with E-state index in [1.54, 1.807) is 4.68 Å². The summed E-state index contributed by atoms with van der Waals surface area (Å²) in [6, 6.07) is 0. The lowest BCUT2D eigenvalue weighted by atomic mass is 10.2. The standard InChI is InChI=1S/C13H25N5O/c1-4-6-8-18(9-11(14)19)13-12(15)10(7-5-2)16-17(13)3/h4-9,15H2,1-3H3,(H2,14,19). The molecule has 0 atom stereocenters. The van der Waals surface area contributed by atoms with Crippen LogP contribution in [0, 0.1) is 0 Å². The van der Waals surface area contributed by atoms with Gasteiger partial charge in [0, 0.05) is 13.6 Å². The van der Waals surface area contributed by atoms with Crippen molar-refractivity contribution in [1.29, 1.82) is 0 Å². The van der Waals surface area contributed by atoms with Crippen LogP contribution in [0.4, 0.5) is 11.5 Å². The van der Waals surface area contributed by atoms with Crippen LogP contribution in [0.2, 0.25) is 0 Å². The van der Waals surface area contributed by atoms with Gasteiger partial charge in [-0.2, -0.15) is 5.10 Å². The zero-order chi connectivity index (χ0) is 14.4. The Morgan fingerprint density at radius 1 is 1.37 bits per heavy atom. The van der Waals surface area contributed by atoms with E-state index >= 15 is 0 Å². The van der Waals surface area contributed by atoms with E-state index in [9.17, 15) is 4.79 Å². The van der Waals surface area contributed by atoms with Crippen molar-refractivity contribution in [3.05, 3.63) is 5.69 Å². The second kappa shape index (κ2) is 7.01. The van der Waals surface area contributed by atoms with Gasteiger partial charge >= 0.3 is 0 Å². The largest absolute Gasteiger partial charge is 0.394 e. The van der Waals surface area contributed by atoms with Crippen LogP contribution in [0.15, 0.2) is 0 Å². The maximum atomic E-state index is 11.2. The number of rotatable bonds is 8. The van der Waals surface area contributed by atoms with Gasteiger partial charge in [-0.1, -0.05) is 26.7 Å². The van der Waals surface area contributed by atoms with Crippen molar-refractivity contribution in [2.24, 2.45) is 12.8 Å². The van der Waals surface area contributed by atoms with Crippen LogP contribution in [-0.4, -0.2) is 28.8 Å². The highest BCUT2D eigenvalue weighted by molar-refractivity contribution is 5.81. The minimum atomic E-state index is -0.353. The molecule has 0 unspecified atom stereocenters.